The summed E-state index contributed by atoms with van der Waals surface area (Å²) in [4.78, 5) is 15.7. The Balaban J connectivity index is 1.79. The van der Waals surface area contributed by atoms with E-state index in [-0.39, 0.29) is 22.4 Å². The summed E-state index contributed by atoms with van der Waals surface area (Å²) in [6, 6.07) is 6.75. The second-order valence-electron chi connectivity index (χ2n) is 7.24. The average Bonchev–Trinajstić information content (AvgIpc) is 3.23. The van der Waals surface area contributed by atoms with Gasteiger partial charge in [0.1, 0.15) is 22.2 Å². The van der Waals surface area contributed by atoms with Gasteiger partial charge in [0.2, 0.25) is 0 Å². The van der Waals surface area contributed by atoms with E-state index in [1.165, 1.54) is 6.20 Å². The molecule has 0 aliphatic carbocycles. The van der Waals surface area contributed by atoms with Gasteiger partial charge >= 0.3 is 5.97 Å². The van der Waals surface area contributed by atoms with Crippen molar-refractivity contribution < 1.29 is 27.4 Å². The second kappa shape index (κ2) is 11.3. The number of benzene rings is 2. The van der Waals surface area contributed by atoms with Crippen LogP contribution in [0.15, 0.2) is 46.8 Å². The van der Waals surface area contributed by atoms with Crippen molar-refractivity contribution >= 4 is 55.7 Å². The van der Waals surface area contributed by atoms with Crippen LogP contribution in [-0.4, -0.2) is 49.5 Å². The number of carboxylic acid groups (broad SMARTS) is 1. The van der Waals surface area contributed by atoms with Crippen molar-refractivity contribution in [1.29, 1.82) is 0 Å². The first-order valence-electron chi connectivity index (χ1n) is 9.83. The molecule has 0 spiro atoms. The molecule has 0 atom stereocenters. The number of aromatic nitrogens is 1. The monoisotopic (exact) mass is 547 g/mol. The molecule has 0 fully saturated rings. The van der Waals surface area contributed by atoms with E-state index in [4.69, 9.17) is 33.0 Å². The minimum atomic E-state index is -4.25. The highest BCUT2D eigenvalue weighted by Gasteiger charge is 2.23. The first-order valence-corrected chi connectivity index (χ1v) is 12.9. The van der Waals surface area contributed by atoms with Crippen molar-refractivity contribution in [3.05, 3.63) is 63.3 Å². The maximum absolute atomic E-state index is 14.8. The van der Waals surface area contributed by atoms with E-state index in [0.29, 0.717) is 35.7 Å². The quantitative estimate of drug-likeness (QED) is 0.342. The lowest BCUT2D eigenvalue weighted by Crippen LogP contribution is -2.26. The molecule has 13 heteroatoms. The standard InChI is InChI=1S/C21H20Cl2FN3O5S2/c1-27(12-20(28)29)7-2-3-13-9-14(22)4-5-17(13)32-18-11-16(24)19(10-15(18)23)34(30,31)26-21-25-6-8-33-21/h4-6,8-11H,2-3,7,12H2,1H3,(H,25,26)(H,28,29). The Morgan fingerprint density at radius 2 is 2.03 bits per heavy atom. The third-order valence-electron chi connectivity index (χ3n) is 4.56. The smallest absolute Gasteiger partial charge is 0.317 e. The third-order valence-corrected chi connectivity index (χ3v) is 7.27. The molecule has 0 unspecified atom stereocenters. The van der Waals surface area contributed by atoms with Crippen LogP contribution in [-0.2, 0) is 21.2 Å². The third kappa shape index (κ3) is 7.03. The first-order chi connectivity index (χ1) is 16.0. The molecule has 3 aromatic rings. The molecular weight excluding hydrogens is 528 g/mol. The number of sulfonamides is 1. The number of hydrogen-bond acceptors (Lipinski definition) is 7. The van der Waals surface area contributed by atoms with Gasteiger partial charge in [0.15, 0.2) is 5.13 Å². The van der Waals surface area contributed by atoms with E-state index in [1.54, 1.807) is 35.5 Å². The van der Waals surface area contributed by atoms with Crippen LogP contribution in [0.5, 0.6) is 11.5 Å². The second-order valence-corrected chi connectivity index (χ2v) is 10.6. The van der Waals surface area contributed by atoms with E-state index in [0.717, 1.165) is 23.5 Å². The number of thiazole rings is 1. The van der Waals surface area contributed by atoms with E-state index < -0.39 is 26.7 Å². The zero-order valence-electron chi connectivity index (χ0n) is 17.8. The van der Waals surface area contributed by atoms with Gasteiger partial charge in [-0.15, -0.1) is 11.3 Å². The Bertz CT molecular complexity index is 1270. The van der Waals surface area contributed by atoms with Crippen LogP contribution in [0.2, 0.25) is 10.0 Å². The van der Waals surface area contributed by atoms with Crippen LogP contribution in [0.3, 0.4) is 0 Å². The molecule has 1 aromatic heterocycles. The van der Waals surface area contributed by atoms with Gasteiger partial charge in [0.25, 0.3) is 10.0 Å². The summed E-state index contributed by atoms with van der Waals surface area (Å²) in [6.07, 6.45) is 2.53. The summed E-state index contributed by atoms with van der Waals surface area (Å²) in [6.45, 7) is 0.437. The predicted molar refractivity (Wildman–Crippen MR) is 129 cm³/mol. The Morgan fingerprint density at radius 3 is 2.71 bits per heavy atom. The number of ether oxygens (including phenoxy) is 1. The Hall–Kier alpha value is -2.44. The molecule has 8 nitrogen and oxygen atoms in total. The summed E-state index contributed by atoms with van der Waals surface area (Å²) in [7, 11) is -2.55. The van der Waals surface area contributed by atoms with E-state index in [9.17, 15) is 17.6 Å². The van der Waals surface area contributed by atoms with Gasteiger partial charge in [-0.25, -0.2) is 17.8 Å². The summed E-state index contributed by atoms with van der Waals surface area (Å²) < 4.78 is 47.8. The number of halogens is 3. The highest BCUT2D eigenvalue weighted by atomic mass is 35.5. The number of nitrogens with one attached hydrogen (secondary N) is 1. The lowest BCUT2D eigenvalue weighted by Gasteiger charge is -2.16. The van der Waals surface area contributed by atoms with Crippen LogP contribution in [0, 0.1) is 5.82 Å². The number of aryl methyl sites for hydroxylation is 1. The van der Waals surface area contributed by atoms with Gasteiger partial charge in [-0.2, -0.15) is 0 Å². The minimum absolute atomic E-state index is 0.0704. The molecule has 0 amide bonds. The topological polar surface area (TPSA) is 109 Å². The molecule has 3 rings (SSSR count). The van der Waals surface area contributed by atoms with Gasteiger partial charge < -0.3 is 9.84 Å². The normalized spacial score (nSPS) is 11.6. The molecule has 1 heterocycles. The Kier molecular flexibility index (Phi) is 8.72. The molecule has 0 bridgehead atoms. The summed E-state index contributed by atoms with van der Waals surface area (Å²) in [5.74, 6) is -1.67. The molecule has 0 saturated carbocycles. The zero-order chi connectivity index (χ0) is 24.9. The highest BCUT2D eigenvalue weighted by molar-refractivity contribution is 7.93. The van der Waals surface area contributed by atoms with Gasteiger partial charge in [-0.1, -0.05) is 23.2 Å². The first kappa shape index (κ1) is 26.2. The van der Waals surface area contributed by atoms with Crippen LogP contribution in [0.25, 0.3) is 0 Å². The van der Waals surface area contributed by atoms with Crippen LogP contribution in [0.1, 0.15) is 12.0 Å². The fourth-order valence-corrected chi connectivity index (χ4v) is 5.39. The zero-order valence-corrected chi connectivity index (χ0v) is 20.9. The molecule has 34 heavy (non-hydrogen) atoms. The van der Waals surface area contributed by atoms with Crippen molar-refractivity contribution in [2.45, 2.75) is 17.7 Å². The van der Waals surface area contributed by atoms with Crippen LogP contribution >= 0.6 is 34.5 Å². The number of carbonyl (C=O) groups is 1. The highest BCUT2D eigenvalue weighted by Crippen LogP contribution is 2.36. The van der Waals surface area contributed by atoms with Crippen LogP contribution < -0.4 is 9.46 Å². The molecule has 0 saturated heterocycles. The van der Waals surface area contributed by atoms with E-state index in [2.05, 4.69) is 9.71 Å². The summed E-state index contributed by atoms with van der Waals surface area (Å²) in [5, 5.41) is 10.9. The predicted octanol–water partition coefficient (Wildman–Crippen LogP) is 5.13. The fourth-order valence-electron chi connectivity index (χ4n) is 3.05. The molecule has 2 aromatic carbocycles. The van der Waals surface area contributed by atoms with Gasteiger partial charge in [0, 0.05) is 22.7 Å². The number of anilines is 1. The van der Waals surface area contributed by atoms with E-state index >= 15 is 0 Å². The summed E-state index contributed by atoms with van der Waals surface area (Å²) in [5.41, 5.74) is 0.704. The number of nitrogens with zero attached hydrogens (tertiary/aromatic N) is 2. The molecule has 0 radical (unpaired) electrons. The van der Waals surface area contributed by atoms with Crippen molar-refractivity contribution in [2.24, 2.45) is 0 Å². The number of rotatable bonds is 11. The van der Waals surface area contributed by atoms with Crippen LogP contribution in [0.4, 0.5) is 9.52 Å². The fraction of sp³-hybridized carbons (Fsp3) is 0.238. The maximum atomic E-state index is 14.8. The lowest BCUT2D eigenvalue weighted by molar-refractivity contribution is -0.137. The minimum Gasteiger partial charge on any atom is -0.480 e. The number of carboxylic acids is 1. The SMILES string of the molecule is CN(CCCc1cc(Cl)ccc1Oc1cc(F)c(S(=O)(=O)Nc2nccs2)cc1Cl)CC(=O)O. The molecule has 2 N–H and O–H groups in total. The van der Waals surface area contributed by atoms with Gasteiger partial charge in [-0.3, -0.25) is 14.4 Å². The maximum Gasteiger partial charge on any atom is 0.317 e. The number of likely N-dealkylation sites (N-methyl/N-ethyl adjacent to an activating group) is 1. The number of hydrogen-bond donors (Lipinski definition) is 2. The molecule has 0 aliphatic rings. The summed E-state index contributed by atoms with van der Waals surface area (Å²) >= 11 is 13.4. The van der Waals surface area contributed by atoms with Gasteiger partial charge in [0.05, 0.1) is 11.6 Å². The Morgan fingerprint density at radius 1 is 1.26 bits per heavy atom. The average molecular weight is 548 g/mol. The Labute approximate surface area is 210 Å². The molecule has 0 aliphatic heterocycles. The van der Waals surface area contributed by atoms with Gasteiger partial charge in [-0.05, 0) is 56.3 Å². The van der Waals surface area contributed by atoms with Crippen molar-refractivity contribution in [3.8, 4) is 11.5 Å². The van der Waals surface area contributed by atoms with Crippen molar-refractivity contribution in [1.82, 2.24) is 9.88 Å². The van der Waals surface area contributed by atoms with Crippen molar-refractivity contribution in [3.63, 3.8) is 0 Å². The molecular formula is C21H20Cl2FN3O5S2. The lowest BCUT2D eigenvalue weighted by atomic mass is 10.1. The molecule has 182 valence electrons. The van der Waals surface area contributed by atoms with E-state index in [1.807, 2.05) is 0 Å². The van der Waals surface area contributed by atoms with Crippen molar-refractivity contribution in [2.75, 3.05) is 24.9 Å². The number of aliphatic carboxylic acids is 1. The largest absolute Gasteiger partial charge is 0.480 e.